The van der Waals surface area contributed by atoms with Crippen LogP contribution in [0.4, 0.5) is 4.79 Å². The Morgan fingerprint density at radius 3 is 2.76 bits per heavy atom. The Kier molecular flexibility index (Phi) is 5.46. The fourth-order valence-corrected chi connectivity index (χ4v) is 2.84. The molecule has 0 saturated carbocycles. The Bertz CT molecular complexity index is 356. The zero-order valence-corrected chi connectivity index (χ0v) is 13.6. The summed E-state index contributed by atoms with van der Waals surface area (Å²) in [5.74, 6) is 0.278. The summed E-state index contributed by atoms with van der Waals surface area (Å²) in [6, 6.07) is 0.331. The van der Waals surface area contributed by atoms with Gasteiger partial charge in [-0.3, -0.25) is 0 Å². The van der Waals surface area contributed by atoms with Crippen LogP contribution in [0, 0.1) is 5.92 Å². The third kappa shape index (κ3) is 4.83. The molecule has 2 aliphatic heterocycles. The lowest BCUT2D eigenvalue weighted by Crippen LogP contribution is -2.44. The second-order valence-electron chi connectivity index (χ2n) is 6.87. The van der Waals surface area contributed by atoms with Crippen LogP contribution in [-0.2, 0) is 14.2 Å². The highest BCUT2D eigenvalue weighted by atomic mass is 16.6. The molecule has 0 aromatic carbocycles. The molecule has 0 aromatic heterocycles. The Balaban J connectivity index is 1.93. The summed E-state index contributed by atoms with van der Waals surface area (Å²) in [7, 11) is 1.74. The van der Waals surface area contributed by atoms with E-state index in [4.69, 9.17) is 14.2 Å². The molecular formula is C15H28N2O4. The molecule has 3 atom stereocenters. The Morgan fingerprint density at radius 2 is 2.14 bits per heavy atom. The lowest BCUT2D eigenvalue weighted by atomic mass is 9.98. The second kappa shape index (κ2) is 6.94. The monoisotopic (exact) mass is 300 g/mol. The average Bonchev–Trinajstić information content (AvgIpc) is 2.73. The van der Waals surface area contributed by atoms with E-state index in [0.717, 1.165) is 13.0 Å². The van der Waals surface area contributed by atoms with Gasteiger partial charge in [0, 0.05) is 38.7 Å². The normalized spacial score (nSPS) is 31.0. The lowest BCUT2D eigenvalue weighted by molar-refractivity contribution is 0.0228. The molecule has 2 heterocycles. The summed E-state index contributed by atoms with van der Waals surface area (Å²) >= 11 is 0. The number of rotatable bonds is 2. The molecule has 2 rings (SSSR count). The van der Waals surface area contributed by atoms with Gasteiger partial charge in [-0.25, -0.2) is 4.79 Å². The van der Waals surface area contributed by atoms with Crippen LogP contribution in [-0.4, -0.2) is 68.7 Å². The maximum absolute atomic E-state index is 12.3. The SMILES string of the molecule is CO[C@H]1CN[C@H](C2COCCN(C(=O)OC(C)(C)C)C2)C1. The first-order chi connectivity index (χ1) is 9.89. The zero-order chi connectivity index (χ0) is 15.5. The first-order valence-electron chi connectivity index (χ1n) is 7.71. The average molecular weight is 300 g/mol. The quantitative estimate of drug-likeness (QED) is 0.831. The van der Waals surface area contributed by atoms with E-state index in [2.05, 4.69) is 5.32 Å². The summed E-state index contributed by atoms with van der Waals surface area (Å²) in [6.07, 6.45) is 0.972. The van der Waals surface area contributed by atoms with Gasteiger partial charge in [-0.1, -0.05) is 0 Å². The minimum Gasteiger partial charge on any atom is -0.444 e. The summed E-state index contributed by atoms with van der Waals surface area (Å²) in [5, 5.41) is 3.48. The van der Waals surface area contributed by atoms with Crippen LogP contribution >= 0.6 is 0 Å². The number of ether oxygens (including phenoxy) is 3. The van der Waals surface area contributed by atoms with Crippen LogP contribution in [0.15, 0.2) is 0 Å². The molecule has 0 aliphatic carbocycles. The Hall–Kier alpha value is -0.850. The number of carbonyl (C=O) groups is 1. The largest absolute Gasteiger partial charge is 0.444 e. The van der Waals surface area contributed by atoms with Crippen molar-refractivity contribution in [3.05, 3.63) is 0 Å². The summed E-state index contributed by atoms with van der Waals surface area (Å²) in [6.45, 7) is 9.03. The number of nitrogens with one attached hydrogen (secondary N) is 1. The molecular weight excluding hydrogens is 272 g/mol. The van der Waals surface area contributed by atoms with Gasteiger partial charge in [0.15, 0.2) is 0 Å². The van der Waals surface area contributed by atoms with Crippen molar-refractivity contribution >= 4 is 6.09 Å². The van der Waals surface area contributed by atoms with Gasteiger partial charge >= 0.3 is 6.09 Å². The predicted molar refractivity (Wildman–Crippen MR) is 79.3 cm³/mol. The first-order valence-corrected chi connectivity index (χ1v) is 7.71. The second-order valence-corrected chi connectivity index (χ2v) is 6.87. The standard InChI is InChI=1S/C15H28N2O4/c1-15(2,3)21-14(18)17-5-6-20-10-11(9-17)13-7-12(19-4)8-16-13/h11-13,16H,5-10H2,1-4H3/t11?,12-,13+/m1/s1. The number of amides is 1. The summed E-state index contributed by atoms with van der Waals surface area (Å²) in [4.78, 5) is 14.0. The molecule has 6 nitrogen and oxygen atoms in total. The summed E-state index contributed by atoms with van der Waals surface area (Å²) in [5.41, 5.74) is -0.466. The highest BCUT2D eigenvalue weighted by molar-refractivity contribution is 5.68. The van der Waals surface area contributed by atoms with Crippen molar-refractivity contribution < 1.29 is 19.0 Å². The van der Waals surface area contributed by atoms with Crippen LogP contribution in [0.25, 0.3) is 0 Å². The molecule has 0 bridgehead atoms. The molecule has 1 unspecified atom stereocenters. The lowest BCUT2D eigenvalue weighted by Gasteiger charge is -2.29. The maximum Gasteiger partial charge on any atom is 0.410 e. The van der Waals surface area contributed by atoms with Gasteiger partial charge < -0.3 is 24.4 Å². The number of nitrogens with zero attached hydrogens (tertiary/aromatic N) is 1. The molecule has 2 saturated heterocycles. The van der Waals surface area contributed by atoms with E-state index in [9.17, 15) is 4.79 Å². The molecule has 1 N–H and O–H groups in total. The minimum absolute atomic E-state index is 0.251. The number of methoxy groups -OCH3 is 1. The van der Waals surface area contributed by atoms with Gasteiger partial charge in [-0.2, -0.15) is 0 Å². The van der Waals surface area contributed by atoms with E-state index < -0.39 is 5.60 Å². The Labute approximate surface area is 127 Å². The van der Waals surface area contributed by atoms with Crippen molar-refractivity contribution in [1.82, 2.24) is 10.2 Å². The fraction of sp³-hybridized carbons (Fsp3) is 0.933. The van der Waals surface area contributed by atoms with Crippen molar-refractivity contribution in [3.63, 3.8) is 0 Å². The van der Waals surface area contributed by atoms with Crippen molar-refractivity contribution in [2.45, 2.75) is 44.9 Å². The molecule has 122 valence electrons. The molecule has 2 fully saturated rings. The highest BCUT2D eigenvalue weighted by Gasteiger charge is 2.34. The van der Waals surface area contributed by atoms with E-state index in [1.807, 2.05) is 20.8 Å². The zero-order valence-electron chi connectivity index (χ0n) is 13.6. The van der Waals surface area contributed by atoms with Gasteiger partial charge in [0.05, 0.1) is 19.3 Å². The van der Waals surface area contributed by atoms with Crippen molar-refractivity contribution in [3.8, 4) is 0 Å². The molecule has 0 aromatic rings. The van der Waals surface area contributed by atoms with Crippen LogP contribution in [0.5, 0.6) is 0 Å². The number of hydrogen-bond acceptors (Lipinski definition) is 5. The van der Waals surface area contributed by atoms with E-state index >= 15 is 0 Å². The number of hydrogen-bond donors (Lipinski definition) is 1. The van der Waals surface area contributed by atoms with Crippen LogP contribution < -0.4 is 5.32 Å². The highest BCUT2D eigenvalue weighted by Crippen LogP contribution is 2.21. The first kappa shape index (κ1) is 16.5. The van der Waals surface area contributed by atoms with Gasteiger partial charge in [-0.05, 0) is 27.2 Å². The topological polar surface area (TPSA) is 60.0 Å². The van der Waals surface area contributed by atoms with E-state index in [-0.39, 0.29) is 18.1 Å². The summed E-state index contributed by atoms with van der Waals surface area (Å²) < 4.78 is 16.5. The molecule has 1 amide bonds. The van der Waals surface area contributed by atoms with E-state index in [1.165, 1.54) is 0 Å². The smallest absolute Gasteiger partial charge is 0.410 e. The molecule has 6 heteroatoms. The fourth-order valence-electron chi connectivity index (χ4n) is 2.84. The van der Waals surface area contributed by atoms with Crippen molar-refractivity contribution in [1.29, 1.82) is 0 Å². The van der Waals surface area contributed by atoms with Crippen LogP contribution in [0.1, 0.15) is 27.2 Å². The predicted octanol–water partition coefficient (Wildman–Crippen LogP) is 1.25. The van der Waals surface area contributed by atoms with Crippen molar-refractivity contribution in [2.75, 3.05) is 40.0 Å². The maximum atomic E-state index is 12.3. The van der Waals surface area contributed by atoms with Gasteiger partial charge in [0.25, 0.3) is 0 Å². The molecule has 2 aliphatic rings. The van der Waals surface area contributed by atoms with Gasteiger partial charge in [0.2, 0.25) is 0 Å². The van der Waals surface area contributed by atoms with Gasteiger partial charge in [-0.15, -0.1) is 0 Å². The number of carbonyl (C=O) groups excluding carboxylic acids is 1. The van der Waals surface area contributed by atoms with E-state index in [1.54, 1.807) is 12.0 Å². The van der Waals surface area contributed by atoms with Crippen LogP contribution in [0.3, 0.4) is 0 Å². The third-order valence-electron chi connectivity index (χ3n) is 3.97. The van der Waals surface area contributed by atoms with Gasteiger partial charge in [0.1, 0.15) is 5.60 Å². The molecule has 0 radical (unpaired) electrons. The van der Waals surface area contributed by atoms with E-state index in [0.29, 0.717) is 32.3 Å². The molecule has 21 heavy (non-hydrogen) atoms. The molecule has 0 spiro atoms. The van der Waals surface area contributed by atoms with Crippen LogP contribution in [0.2, 0.25) is 0 Å². The third-order valence-corrected chi connectivity index (χ3v) is 3.97. The van der Waals surface area contributed by atoms with Crippen molar-refractivity contribution in [2.24, 2.45) is 5.92 Å². The minimum atomic E-state index is -0.466. The Morgan fingerprint density at radius 1 is 1.38 bits per heavy atom.